The first-order chi connectivity index (χ1) is 13.6. The number of benzene rings is 3. The van der Waals surface area contributed by atoms with Crippen molar-refractivity contribution in [3.05, 3.63) is 101 Å². The van der Waals surface area contributed by atoms with Gasteiger partial charge in [0.15, 0.2) is 0 Å². The second kappa shape index (κ2) is 9.38. The third kappa shape index (κ3) is 4.52. The Hall–Kier alpha value is -2.84. The second-order valence-electron chi connectivity index (χ2n) is 6.88. The standard InChI is InChI=1S/C23H24NO3P/c25-20(11-10-18-24(26)27)19-28(21-12-4-1-5-13-21,22-14-6-2-7-15-22)23-16-8-3-9-17-23/h1-9,12-17,28H,10-11,18-19H2. The van der Waals surface area contributed by atoms with Gasteiger partial charge in [-0.25, -0.2) is 0 Å². The number of nitro groups is 1. The van der Waals surface area contributed by atoms with Gasteiger partial charge in [0.25, 0.3) is 0 Å². The van der Waals surface area contributed by atoms with Crippen LogP contribution in [0.4, 0.5) is 0 Å². The monoisotopic (exact) mass is 393 g/mol. The van der Waals surface area contributed by atoms with Crippen molar-refractivity contribution in [1.82, 2.24) is 0 Å². The number of rotatable bonds is 9. The van der Waals surface area contributed by atoms with Crippen LogP contribution in [0.5, 0.6) is 0 Å². The average molecular weight is 393 g/mol. The van der Waals surface area contributed by atoms with E-state index in [9.17, 15) is 14.9 Å². The van der Waals surface area contributed by atoms with Gasteiger partial charge in [-0.05, 0) is 0 Å². The van der Waals surface area contributed by atoms with E-state index >= 15 is 0 Å². The maximum absolute atomic E-state index is 13.0. The second-order valence-corrected chi connectivity index (χ2v) is 10.8. The van der Waals surface area contributed by atoms with Crippen molar-refractivity contribution >= 4 is 29.0 Å². The summed E-state index contributed by atoms with van der Waals surface area (Å²) in [5, 5.41) is 14.2. The van der Waals surface area contributed by atoms with Gasteiger partial charge in [-0.15, -0.1) is 0 Å². The molecule has 0 heterocycles. The fourth-order valence-corrected chi connectivity index (χ4v) is 8.43. The Morgan fingerprint density at radius 1 is 0.750 bits per heavy atom. The van der Waals surface area contributed by atoms with Gasteiger partial charge in [0.2, 0.25) is 0 Å². The minimum absolute atomic E-state index is 0.0880. The third-order valence-electron chi connectivity index (χ3n) is 5.06. The molecular formula is C23H24NO3P. The topological polar surface area (TPSA) is 60.2 Å². The van der Waals surface area contributed by atoms with Crippen molar-refractivity contribution in [2.75, 3.05) is 12.7 Å². The van der Waals surface area contributed by atoms with Crippen LogP contribution in [0.2, 0.25) is 0 Å². The molecule has 0 aromatic heterocycles. The quantitative estimate of drug-likeness (QED) is 0.318. The first-order valence-electron chi connectivity index (χ1n) is 9.43. The van der Waals surface area contributed by atoms with Gasteiger partial charge < -0.3 is 0 Å². The number of carbonyl (C=O) groups excluding carboxylic acids is 1. The molecule has 0 amide bonds. The molecule has 0 N–H and O–H groups in total. The van der Waals surface area contributed by atoms with Crippen molar-refractivity contribution in [2.45, 2.75) is 12.8 Å². The molecule has 0 atom stereocenters. The van der Waals surface area contributed by atoms with Crippen LogP contribution in [0, 0.1) is 10.1 Å². The first kappa shape index (κ1) is 19.9. The van der Waals surface area contributed by atoms with Gasteiger partial charge in [0.05, 0.1) is 0 Å². The Kier molecular flexibility index (Phi) is 6.67. The number of nitrogens with zero attached hydrogens (tertiary/aromatic N) is 1. The Morgan fingerprint density at radius 2 is 1.14 bits per heavy atom. The summed E-state index contributed by atoms with van der Waals surface area (Å²) in [6.45, 7) is -0.164. The molecule has 0 unspecified atom stereocenters. The zero-order chi connectivity index (χ0) is 19.8. The number of carbonyl (C=O) groups is 1. The molecule has 0 aliphatic rings. The molecule has 0 aliphatic heterocycles. The molecule has 0 aliphatic carbocycles. The van der Waals surface area contributed by atoms with E-state index < -0.39 is 7.26 Å². The SMILES string of the molecule is O=C(CCC[N+](=O)[O-])C[PH](c1ccccc1)(c1ccccc1)c1ccccc1. The number of hydrogen-bond donors (Lipinski definition) is 0. The van der Waals surface area contributed by atoms with Crippen LogP contribution in [0.3, 0.4) is 0 Å². The first-order valence-corrected chi connectivity index (χ1v) is 11.6. The molecule has 28 heavy (non-hydrogen) atoms. The van der Waals surface area contributed by atoms with Crippen molar-refractivity contribution < 1.29 is 9.72 Å². The van der Waals surface area contributed by atoms with Gasteiger partial charge in [0, 0.05) is 0 Å². The van der Waals surface area contributed by atoms with E-state index in [1.807, 2.05) is 54.6 Å². The van der Waals surface area contributed by atoms with Crippen LogP contribution >= 0.6 is 7.26 Å². The zero-order valence-electron chi connectivity index (χ0n) is 15.7. The molecule has 0 spiro atoms. The van der Waals surface area contributed by atoms with E-state index in [-0.39, 0.29) is 30.1 Å². The molecule has 0 bridgehead atoms. The Morgan fingerprint density at radius 3 is 1.50 bits per heavy atom. The fourth-order valence-electron chi connectivity index (χ4n) is 3.76. The maximum atomic E-state index is 13.0. The van der Waals surface area contributed by atoms with Gasteiger partial charge in [-0.1, -0.05) is 0 Å². The van der Waals surface area contributed by atoms with Crippen molar-refractivity contribution in [2.24, 2.45) is 0 Å². The van der Waals surface area contributed by atoms with Crippen LogP contribution in [-0.2, 0) is 4.79 Å². The van der Waals surface area contributed by atoms with E-state index in [0.717, 1.165) is 0 Å². The Balaban J connectivity index is 2.09. The molecule has 5 heteroatoms. The van der Waals surface area contributed by atoms with Crippen LogP contribution in [0.1, 0.15) is 12.8 Å². The zero-order valence-corrected chi connectivity index (χ0v) is 16.7. The third-order valence-corrected chi connectivity index (χ3v) is 9.94. The molecule has 0 saturated carbocycles. The molecule has 0 radical (unpaired) electrons. The van der Waals surface area contributed by atoms with Crippen molar-refractivity contribution in [1.29, 1.82) is 0 Å². The summed E-state index contributed by atoms with van der Waals surface area (Å²) < 4.78 is 0. The Labute approximate surface area is 165 Å². The fraction of sp³-hybridized carbons (Fsp3) is 0.174. The van der Waals surface area contributed by atoms with Gasteiger partial charge in [-0.2, -0.15) is 0 Å². The molecule has 0 saturated heterocycles. The van der Waals surface area contributed by atoms with Crippen LogP contribution in [-0.4, -0.2) is 23.4 Å². The average Bonchev–Trinajstić information content (AvgIpc) is 2.74. The summed E-state index contributed by atoms with van der Waals surface area (Å²) in [4.78, 5) is 23.2. The summed E-state index contributed by atoms with van der Waals surface area (Å²) in [7, 11) is -2.58. The van der Waals surface area contributed by atoms with E-state index in [1.54, 1.807) is 0 Å². The predicted molar refractivity (Wildman–Crippen MR) is 118 cm³/mol. The molecular weight excluding hydrogens is 369 g/mol. The number of hydrogen-bond acceptors (Lipinski definition) is 3. The minimum atomic E-state index is -2.58. The normalized spacial score (nSPS) is 11.7. The molecule has 3 rings (SSSR count). The summed E-state index contributed by atoms with van der Waals surface area (Å²) in [6.07, 6.45) is 0.930. The van der Waals surface area contributed by atoms with Gasteiger partial charge in [-0.3, -0.25) is 0 Å². The summed E-state index contributed by atoms with van der Waals surface area (Å²) in [6, 6.07) is 30.7. The van der Waals surface area contributed by atoms with Crippen molar-refractivity contribution in [3.63, 3.8) is 0 Å². The van der Waals surface area contributed by atoms with E-state index in [0.29, 0.717) is 6.16 Å². The number of Topliss-reactive ketones (excluding diaryl/α,β-unsaturated/α-hetero) is 1. The van der Waals surface area contributed by atoms with E-state index in [2.05, 4.69) is 36.4 Å². The Bertz CT molecular complexity index is 818. The predicted octanol–water partition coefficient (Wildman–Crippen LogP) is 3.34. The molecule has 4 nitrogen and oxygen atoms in total. The van der Waals surface area contributed by atoms with Crippen molar-refractivity contribution in [3.8, 4) is 0 Å². The summed E-state index contributed by atoms with van der Waals surface area (Å²) in [5.74, 6) is 0.0880. The molecule has 0 fully saturated rings. The summed E-state index contributed by atoms with van der Waals surface area (Å²) in [5.41, 5.74) is 0. The van der Waals surface area contributed by atoms with Gasteiger partial charge in [0.1, 0.15) is 0 Å². The van der Waals surface area contributed by atoms with Crippen LogP contribution in [0.25, 0.3) is 0 Å². The summed E-state index contributed by atoms with van der Waals surface area (Å²) >= 11 is 0. The van der Waals surface area contributed by atoms with E-state index in [4.69, 9.17) is 0 Å². The van der Waals surface area contributed by atoms with Gasteiger partial charge >= 0.3 is 165 Å². The molecule has 3 aromatic carbocycles. The van der Waals surface area contributed by atoms with Crippen LogP contribution in [0.15, 0.2) is 91.0 Å². The van der Waals surface area contributed by atoms with E-state index in [1.165, 1.54) is 15.9 Å². The molecule has 3 aromatic rings. The molecule has 144 valence electrons. The number of ketones is 1. The van der Waals surface area contributed by atoms with Crippen LogP contribution < -0.4 is 15.9 Å².